The van der Waals surface area contributed by atoms with Crippen LogP contribution in [0.15, 0.2) is 60.9 Å². The van der Waals surface area contributed by atoms with Crippen LogP contribution in [0.5, 0.6) is 0 Å². The molecule has 1 aliphatic heterocycles. The first-order chi connectivity index (χ1) is 19.2. The molecule has 10 heteroatoms. The highest BCUT2D eigenvalue weighted by atomic mass is 19.1. The van der Waals surface area contributed by atoms with E-state index in [1.165, 1.54) is 36.4 Å². The van der Waals surface area contributed by atoms with Gasteiger partial charge in [0.2, 0.25) is 11.8 Å². The van der Waals surface area contributed by atoms with Gasteiger partial charge in [-0.15, -0.1) is 0 Å². The number of nitrogens with zero attached hydrogens (tertiary/aromatic N) is 3. The minimum Gasteiger partial charge on any atom is -0.349 e. The molecule has 4 rings (SSSR count). The summed E-state index contributed by atoms with van der Waals surface area (Å²) in [5.41, 5.74) is 2.26. The Morgan fingerprint density at radius 3 is 2.58 bits per heavy atom. The SMILES string of the molecule is CC[C@@H](C)C(=O)N[C@@H](CNC(=O)c1ccc(F)cc1)C(=O)N1CCC[C@H]1c1cncc(Cc2cccc(F)c2)n1. The molecule has 1 saturated heterocycles. The Labute approximate surface area is 232 Å². The predicted octanol–water partition coefficient (Wildman–Crippen LogP) is 3.97. The average Bonchev–Trinajstić information content (AvgIpc) is 3.45. The highest BCUT2D eigenvalue weighted by Gasteiger charge is 2.36. The van der Waals surface area contributed by atoms with E-state index in [0.717, 1.165) is 12.0 Å². The van der Waals surface area contributed by atoms with Gasteiger partial charge in [0.1, 0.15) is 17.7 Å². The summed E-state index contributed by atoms with van der Waals surface area (Å²) < 4.78 is 26.9. The smallest absolute Gasteiger partial charge is 0.251 e. The zero-order valence-electron chi connectivity index (χ0n) is 22.6. The number of aromatic nitrogens is 2. The summed E-state index contributed by atoms with van der Waals surface area (Å²) in [6, 6.07) is 9.99. The molecule has 8 nitrogen and oxygen atoms in total. The minimum atomic E-state index is -1.00. The lowest BCUT2D eigenvalue weighted by Crippen LogP contribution is -2.54. The summed E-state index contributed by atoms with van der Waals surface area (Å²) in [7, 11) is 0. The Bertz CT molecular complexity index is 1350. The molecule has 0 unspecified atom stereocenters. The Morgan fingerprint density at radius 1 is 1.07 bits per heavy atom. The molecule has 2 N–H and O–H groups in total. The molecule has 0 radical (unpaired) electrons. The summed E-state index contributed by atoms with van der Waals surface area (Å²) in [5, 5.41) is 5.50. The maximum Gasteiger partial charge on any atom is 0.251 e. The van der Waals surface area contributed by atoms with E-state index in [2.05, 4.69) is 15.6 Å². The van der Waals surface area contributed by atoms with Crippen molar-refractivity contribution in [2.75, 3.05) is 13.1 Å². The molecule has 1 aromatic heterocycles. The lowest BCUT2D eigenvalue weighted by atomic mass is 10.1. The maximum atomic E-state index is 13.8. The third-order valence-corrected chi connectivity index (χ3v) is 7.10. The fourth-order valence-electron chi connectivity index (χ4n) is 4.66. The Kier molecular flexibility index (Phi) is 9.52. The molecule has 3 amide bonds. The first kappa shape index (κ1) is 28.8. The van der Waals surface area contributed by atoms with Crippen molar-refractivity contribution in [2.45, 2.75) is 51.6 Å². The van der Waals surface area contributed by atoms with Gasteiger partial charge in [-0.05, 0) is 61.2 Å². The van der Waals surface area contributed by atoms with Gasteiger partial charge in [-0.25, -0.2) is 8.78 Å². The van der Waals surface area contributed by atoms with Crippen molar-refractivity contribution in [1.82, 2.24) is 25.5 Å². The van der Waals surface area contributed by atoms with Crippen LogP contribution in [-0.2, 0) is 16.0 Å². The van der Waals surface area contributed by atoms with Crippen LogP contribution >= 0.6 is 0 Å². The number of hydrogen-bond acceptors (Lipinski definition) is 5. The number of carbonyl (C=O) groups is 3. The molecule has 2 heterocycles. The van der Waals surface area contributed by atoms with Crippen molar-refractivity contribution in [1.29, 1.82) is 0 Å². The molecular weight excluding hydrogens is 516 g/mol. The third kappa shape index (κ3) is 7.25. The van der Waals surface area contributed by atoms with Crippen molar-refractivity contribution in [3.8, 4) is 0 Å². The molecule has 3 aromatic rings. The van der Waals surface area contributed by atoms with Gasteiger partial charge in [-0.2, -0.15) is 0 Å². The molecule has 1 aliphatic rings. The first-order valence-electron chi connectivity index (χ1n) is 13.4. The van der Waals surface area contributed by atoms with Gasteiger partial charge in [-0.1, -0.05) is 26.0 Å². The first-order valence-corrected chi connectivity index (χ1v) is 13.4. The Hall–Kier alpha value is -4.21. The van der Waals surface area contributed by atoms with Gasteiger partial charge in [0, 0.05) is 37.2 Å². The van der Waals surface area contributed by atoms with Crippen LogP contribution in [0.2, 0.25) is 0 Å². The molecule has 2 aromatic carbocycles. The molecule has 0 spiro atoms. The summed E-state index contributed by atoms with van der Waals surface area (Å²) in [6.07, 6.45) is 5.62. The summed E-state index contributed by atoms with van der Waals surface area (Å²) in [6.45, 7) is 3.97. The van der Waals surface area contributed by atoms with E-state index in [9.17, 15) is 23.2 Å². The Balaban J connectivity index is 1.51. The van der Waals surface area contributed by atoms with Crippen LogP contribution in [0.4, 0.5) is 8.78 Å². The fraction of sp³-hybridized carbons (Fsp3) is 0.367. The molecule has 0 aliphatic carbocycles. The van der Waals surface area contributed by atoms with Crippen molar-refractivity contribution in [3.05, 3.63) is 95.1 Å². The summed E-state index contributed by atoms with van der Waals surface area (Å²) in [4.78, 5) is 49.9. The van der Waals surface area contributed by atoms with Gasteiger partial charge in [0.15, 0.2) is 0 Å². The maximum absolute atomic E-state index is 13.8. The minimum absolute atomic E-state index is 0.133. The molecular formula is C30H33F2N5O3. The summed E-state index contributed by atoms with van der Waals surface area (Å²) >= 11 is 0. The van der Waals surface area contributed by atoms with Crippen LogP contribution in [0.1, 0.15) is 66.5 Å². The number of benzene rings is 2. The van der Waals surface area contributed by atoms with Gasteiger partial charge in [-0.3, -0.25) is 24.4 Å². The quantitative estimate of drug-likeness (QED) is 0.398. The van der Waals surface area contributed by atoms with Gasteiger partial charge < -0.3 is 15.5 Å². The molecule has 0 saturated carbocycles. The highest BCUT2D eigenvalue weighted by Crippen LogP contribution is 2.31. The standard InChI is InChI=1S/C30H33F2N5O3/c1-3-19(2)28(38)36-26(18-34-29(39)21-9-11-22(31)12-10-21)30(40)37-13-5-8-27(37)25-17-33-16-24(35-25)15-20-6-4-7-23(32)14-20/h4,6-7,9-12,14,16-17,19,26-27H,3,5,8,13,15,18H2,1-2H3,(H,34,39)(H,36,38)/t19-,26+,27+/m1/s1. The highest BCUT2D eigenvalue weighted by molar-refractivity contribution is 5.95. The number of nitrogens with one attached hydrogen (secondary N) is 2. The number of hydrogen-bond donors (Lipinski definition) is 2. The fourth-order valence-corrected chi connectivity index (χ4v) is 4.66. The topological polar surface area (TPSA) is 104 Å². The van der Waals surface area contributed by atoms with E-state index in [1.54, 1.807) is 30.3 Å². The zero-order chi connectivity index (χ0) is 28.6. The number of carbonyl (C=O) groups excluding carboxylic acids is 3. The van der Waals surface area contributed by atoms with Crippen molar-refractivity contribution in [3.63, 3.8) is 0 Å². The van der Waals surface area contributed by atoms with E-state index in [0.29, 0.717) is 37.2 Å². The summed E-state index contributed by atoms with van der Waals surface area (Å²) in [5.74, 6) is -2.22. The largest absolute Gasteiger partial charge is 0.349 e. The molecule has 0 bridgehead atoms. The van der Waals surface area contributed by atoms with E-state index in [4.69, 9.17) is 4.98 Å². The normalized spacial score (nSPS) is 16.3. The van der Waals surface area contributed by atoms with Crippen molar-refractivity contribution in [2.24, 2.45) is 5.92 Å². The number of likely N-dealkylation sites (tertiary alicyclic amines) is 1. The monoisotopic (exact) mass is 549 g/mol. The van der Waals surface area contributed by atoms with Crippen molar-refractivity contribution < 1.29 is 23.2 Å². The van der Waals surface area contributed by atoms with E-state index in [-0.39, 0.29) is 41.7 Å². The zero-order valence-corrected chi connectivity index (χ0v) is 22.6. The van der Waals surface area contributed by atoms with Gasteiger partial charge in [0.25, 0.3) is 5.91 Å². The molecule has 3 atom stereocenters. The average molecular weight is 550 g/mol. The third-order valence-electron chi connectivity index (χ3n) is 7.10. The van der Waals surface area contributed by atoms with E-state index in [1.807, 2.05) is 13.0 Å². The van der Waals surface area contributed by atoms with Crippen LogP contribution in [0.3, 0.4) is 0 Å². The molecule has 1 fully saturated rings. The van der Waals surface area contributed by atoms with E-state index < -0.39 is 17.8 Å². The van der Waals surface area contributed by atoms with Crippen LogP contribution in [-0.4, -0.2) is 51.7 Å². The second-order valence-electron chi connectivity index (χ2n) is 10.0. The van der Waals surface area contributed by atoms with Gasteiger partial charge in [0.05, 0.1) is 23.6 Å². The second-order valence-corrected chi connectivity index (χ2v) is 10.0. The van der Waals surface area contributed by atoms with Crippen molar-refractivity contribution >= 4 is 17.7 Å². The van der Waals surface area contributed by atoms with Crippen LogP contribution in [0, 0.1) is 17.6 Å². The number of halogens is 2. The van der Waals surface area contributed by atoms with E-state index >= 15 is 0 Å². The Morgan fingerprint density at radius 2 is 1.85 bits per heavy atom. The number of rotatable bonds is 10. The lowest BCUT2D eigenvalue weighted by molar-refractivity contribution is -0.138. The van der Waals surface area contributed by atoms with Gasteiger partial charge >= 0.3 is 0 Å². The number of amides is 3. The van der Waals surface area contributed by atoms with Crippen LogP contribution < -0.4 is 10.6 Å². The molecule has 210 valence electrons. The molecule has 40 heavy (non-hydrogen) atoms. The predicted molar refractivity (Wildman–Crippen MR) is 145 cm³/mol. The lowest BCUT2D eigenvalue weighted by Gasteiger charge is -2.30. The van der Waals surface area contributed by atoms with Crippen LogP contribution in [0.25, 0.3) is 0 Å². The second kappa shape index (κ2) is 13.2.